The molecule has 0 radical (unpaired) electrons. The Bertz CT molecular complexity index is 739. The molecular formula is C11H7BrFNO3. The van der Waals surface area contributed by atoms with Crippen LogP contribution in [-0.4, -0.2) is 10.1 Å². The van der Waals surface area contributed by atoms with Crippen molar-refractivity contribution >= 4 is 26.8 Å². The third kappa shape index (κ3) is 1.84. The topological polar surface area (TPSA) is 70.2 Å². The maximum atomic E-state index is 13.9. The molecule has 6 heteroatoms. The van der Waals surface area contributed by atoms with Gasteiger partial charge in [0.1, 0.15) is 0 Å². The van der Waals surface area contributed by atoms with Crippen LogP contribution in [-0.2, 0) is 0 Å². The van der Waals surface area contributed by atoms with E-state index in [-0.39, 0.29) is 15.4 Å². The van der Waals surface area contributed by atoms with Crippen LogP contribution < -0.4 is 11.0 Å². The quantitative estimate of drug-likeness (QED) is 0.779. The van der Waals surface area contributed by atoms with Crippen LogP contribution in [0, 0.1) is 12.7 Å². The minimum absolute atomic E-state index is 0.0542. The van der Waals surface area contributed by atoms with Crippen LogP contribution in [0.4, 0.5) is 4.39 Å². The number of benzene rings is 1. The second-order valence-corrected chi connectivity index (χ2v) is 4.38. The molecule has 4 nitrogen and oxygen atoms in total. The Morgan fingerprint density at radius 1 is 1.35 bits per heavy atom. The minimum Gasteiger partial charge on any atom is -0.503 e. The lowest BCUT2D eigenvalue weighted by Gasteiger charge is -2.01. The number of nitrogens with one attached hydrogen (secondary N) is 1. The van der Waals surface area contributed by atoms with E-state index < -0.39 is 22.6 Å². The van der Waals surface area contributed by atoms with Crippen LogP contribution in [0.1, 0.15) is 5.56 Å². The molecule has 0 bridgehead atoms. The Labute approximate surface area is 103 Å². The van der Waals surface area contributed by atoms with Crippen LogP contribution in [0.3, 0.4) is 0 Å². The number of aromatic amines is 1. The van der Waals surface area contributed by atoms with Gasteiger partial charge in [-0.3, -0.25) is 9.59 Å². The molecule has 0 spiro atoms. The van der Waals surface area contributed by atoms with Crippen LogP contribution in [0.2, 0.25) is 0 Å². The summed E-state index contributed by atoms with van der Waals surface area (Å²) in [6.45, 7) is 1.63. The summed E-state index contributed by atoms with van der Waals surface area (Å²) < 4.78 is 14.1. The van der Waals surface area contributed by atoms with Crippen LogP contribution in [0.5, 0.6) is 5.75 Å². The smallest absolute Gasteiger partial charge is 0.290 e. The number of hydrogen-bond donors (Lipinski definition) is 2. The van der Waals surface area contributed by atoms with Gasteiger partial charge in [-0.25, -0.2) is 4.39 Å². The van der Waals surface area contributed by atoms with Crippen molar-refractivity contribution in [1.29, 1.82) is 0 Å². The van der Waals surface area contributed by atoms with Gasteiger partial charge in [0.05, 0.1) is 15.4 Å². The monoisotopic (exact) mass is 299 g/mol. The van der Waals surface area contributed by atoms with Gasteiger partial charge >= 0.3 is 0 Å². The largest absolute Gasteiger partial charge is 0.503 e. The zero-order chi connectivity index (χ0) is 12.7. The zero-order valence-corrected chi connectivity index (χ0v) is 10.3. The molecule has 2 rings (SSSR count). The number of fused-ring (bicyclic) bond motifs is 1. The summed E-state index contributed by atoms with van der Waals surface area (Å²) in [7, 11) is 0. The van der Waals surface area contributed by atoms with E-state index in [1.807, 2.05) is 0 Å². The van der Waals surface area contributed by atoms with Crippen molar-refractivity contribution in [2.75, 3.05) is 0 Å². The molecule has 17 heavy (non-hydrogen) atoms. The van der Waals surface area contributed by atoms with Gasteiger partial charge in [-0.1, -0.05) is 0 Å². The van der Waals surface area contributed by atoms with Gasteiger partial charge in [0.25, 0.3) is 5.56 Å². The van der Waals surface area contributed by atoms with Crippen LogP contribution in [0.25, 0.3) is 10.9 Å². The molecule has 1 heterocycles. The van der Waals surface area contributed by atoms with E-state index in [1.54, 1.807) is 6.92 Å². The van der Waals surface area contributed by atoms with Gasteiger partial charge in [-0.2, -0.15) is 0 Å². The third-order valence-corrected chi connectivity index (χ3v) is 3.36. The Hall–Kier alpha value is -1.69. The average Bonchev–Trinajstić information content (AvgIpc) is 2.34. The number of halogens is 2. The zero-order valence-electron chi connectivity index (χ0n) is 8.67. The predicted octanol–water partition coefficient (Wildman–Crippen LogP) is 1.80. The predicted molar refractivity (Wildman–Crippen MR) is 64.9 cm³/mol. The molecule has 0 amide bonds. The van der Waals surface area contributed by atoms with E-state index in [0.717, 1.165) is 0 Å². The number of aromatic nitrogens is 1. The highest BCUT2D eigenvalue weighted by molar-refractivity contribution is 9.10. The Morgan fingerprint density at radius 3 is 2.65 bits per heavy atom. The molecule has 2 N–H and O–H groups in total. The number of H-pyrrole nitrogens is 1. The fourth-order valence-electron chi connectivity index (χ4n) is 1.54. The Balaban J connectivity index is 3.20. The van der Waals surface area contributed by atoms with E-state index in [4.69, 9.17) is 0 Å². The van der Waals surface area contributed by atoms with Crippen LogP contribution in [0.15, 0.2) is 26.2 Å². The van der Waals surface area contributed by atoms with Crippen molar-refractivity contribution in [2.24, 2.45) is 0 Å². The summed E-state index contributed by atoms with van der Waals surface area (Å²) >= 11 is 3.02. The second kappa shape index (κ2) is 3.96. The van der Waals surface area contributed by atoms with Gasteiger partial charge < -0.3 is 10.1 Å². The molecule has 0 saturated heterocycles. The normalized spacial score (nSPS) is 10.8. The summed E-state index contributed by atoms with van der Waals surface area (Å²) in [4.78, 5) is 25.2. The fourth-order valence-corrected chi connectivity index (χ4v) is 1.85. The maximum absolute atomic E-state index is 13.9. The van der Waals surface area contributed by atoms with Crippen molar-refractivity contribution in [3.8, 4) is 5.75 Å². The second-order valence-electron chi connectivity index (χ2n) is 3.59. The minimum atomic E-state index is -0.835. The summed E-state index contributed by atoms with van der Waals surface area (Å²) in [5.41, 5.74) is -0.999. The Kier molecular flexibility index (Phi) is 2.74. The summed E-state index contributed by atoms with van der Waals surface area (Å²) in [5, 5.41) is 8.96. The first-order chi connectivity index (χ1) is 7.91. The molecule has 88 valence electrons. The maximum Gasteiger partial charge on any atom is 0.290 e. The van der Waals surface area contributed by atoms with Gasteiger partial charge in [-0.05, 0) is 34.5 Å². The number of rotatable bonds is 0. The molecule has 0 fully saturated rings. The molecule has 1 aromatic carbocycles. The summed E-state index contributed by atoms with van der Waals surface area (Å²) in [5.74, 6) is -1.49. The molecule has 0 aliphatic rings. The van der Waals surface area contributed by atoms with E-state index in [9.17, 15) is 19.1 Å². The molecule has 0 saturated carbocycles. The number of aromatic hydroxyl groups is 1. The first-order valence-electron chi connectivity index (χ1n) is 4.66. The number of hydrogen-bond acceptors (Lipinski definition) is 3. The lowest BCUT2D eigenvalue weighted by Crippen LogP contribution is -2.01. The molecule has 0 aliphatic heterocycles. The molecule has 0 atom stereocenters. The highest BCUT2D eigenvalue weighted by Crippen LogP contribution is 2.25. The molecule has 0 aliphatic carbocycles. The molecule has 1 aromatic heterocycles. The van der Waals surface area contributed by atoms with E-state index in [2.05, 4.69) is 20.9 Å². The molecular weight excluding hydrogens is 293 g/mol. The van der Waals surface area contributed by atoms with Crippen molar-refractivity contribution in [2.45, 2.75) is 6.92 Å². The first-order valence-corrected chi connectivity index (χ1v) is 5.46. The molecule has 2 aromatic rings. The fraction of sp³-hybridized carbons (Fsp3) is 0.0909. The summed E-state index contributed by atoms with van der Waals surface area (Å²) in [6, 6.07) is 2.16. The van der Waals surface area contributed by atoms with Crippen LogP contribution >= 0.6 is 15.9 Å². The SMILES string of the molecule is Cc1cc2[nH]c(=O)c(O)cc(=O)c2c(F)c1Br. The summed E-state index contributed by atoms with van der Waals surface area (Å²) in [6.07, 6.45) is 0. The third-order valence-electron chi connectivity index (χ3n) is 2.38. The van der Waals surface area contributed by atoms with Crippen molar-refractivity contribution in [3.63, 3.8) is 0 Å². The lowest BCUT2D eigenvalue weighted by molar-refractivity contribution is 0.468. The molecule has 0 unspecified atom stereocenters. The van der Waals surface area contributed by atoms with Gasteiger partial charge in [0.15, 0.2) is 17.0 Å². The lowest BCUT2D eigenvalue weighted by atomic mass is 10.1. The highest BCUT2D eigenvalue weighted by atomic mass is 79.9. The van der Waals surface area contributed by atoms with Gasteiger partial charge in [0, 0.05) is 6.07 Å². The van der Waals surface area contributed by atoms with E-state index >= 15 is 0 Å². The van der Waals surface area contributed by atoms with Crippen molar-refractivity contribution < 1.29 is 9.50 Å². The first kappa shape index (κ1) is 11.8. The van der Waals surface area contributed by atoms with Gasteiger partial charge in [0.2, 0.25) is 0 Å². The van der Waals surface area contributed by atoms with E-state index in [0.29, 0.717) is 11.6 Å². The van der Waals surface area contributed by atoms with Gasteiger partial charge in [-0.15, -0.1) is 0 Å². The standard InChI is InChI=1S/C11H7BrFNO3/c1-4-2-5-8(10(13)9(4)12)6(15)3-7(16)11(17)14-5/h2-3,16H,1H3,(H,14,17). The highest BCUT2D eigenvalue weighted by Gasteiger charge is 2.12. The number of aryl methyl sites for hydroxylation is 1. The van der Waals surface area contributed by atoms with E-state index in [1.165, 1.54) is 6.07 Å². The van der Waals surface area contributed by atoms with Crippen molar-refractivity contribution in [1.82, 2.24) is 4.98 Å². The van der Waals surface area contributed by atoms with Crippen molar-refractivity contribution in [3.05, 3.63) is 48.6 Å². The Morgan fingerprint density at radius 2 is 2.00 bits per heavy atom. The average molecular weight is 300 g/mol.